The molecule has 0 bridgehead atoms. The van der Waals surface area contributed by atoms with E-state index in [0.29, 0.717) is 18.8 Å². The molecule has 1 saturated heterocycles. The van der Waals surface area contributed by atoms with Gasteiger partial charge in [-0.1, -0.05) is 30.3 Å². The molecule has 3 rings (SSSR count). The molecule has 2 amide bonds. The summed E-state index contributed by atoms with van der Waals surface area (Å²) in [7, 11) is 0. The van der Waals surface area contributed by atoms with Crippen molar-refractivity contribution >= 4 is 17.5 Å². The number of halogens is 1. The lowest BCUT2D eigenvalue weighted by molar-refractivity contribution is -0.136. The van der Waals surface area contributed by atoms with Gasteiger partial charge in [0, 0.05) is 51.5 Å². The normalized spacial score (nSPS) is 15.2. The van der Waals surface area contributed by atoms with E-state index in [-0.39, 0.29) is 5.82 Å². The summed E-state index contributed by atoms with van der Waals surface area (Å²) < 4.78 is 13.0. The fourth-order valence-electron chi connectivity index (χ4n) is 3.14. The number of hydrogen-bond acceptors (Lipinski definition) is 4. The van der Waals surface area contributed by atoms with Crippen LogP contribution in [0.4, 0.5) is 10.1 Å². The summed E-state index contributed by atoms with van der Waals surface area (Å²) in [5.41, 5.74) is 1.70. The van der Waals surface area contributed by atoms with Crippen LogP contribution in [-0.4, -0.2) is 60.9 Å². The van der Waals surface area contributed by atoms with Crippen LogP contribution in [0.5, 0.6) is 0 Å². The Morgan fingerprint density at radius 1 is 0.857 bits per heavy atom. The number of nitrogens with zero attached hydrogens (tertiary/aromatic N) is 2. The average Bonchev–Trinajstić information content (AvgIpc) is 2.71. The molecule has 2 aromatic carbocycles. The molecule has 0 atom stereocenters. The molecule has 0 saturated carbocycles. The van der Waals surface area contributed by atoms with Gasteiger partial charge in [-0.3, -0.25) is 19.4 Å². The number of hydrogen-bond donors (Lipinski definition) is 2. The third-order valence-corrected chi connectivity index (χ3v) is 4.74. The number of benzene rings is 2. The van der Waals surface area contributed by atoms with E-state index in [1.807, 2.05) is 18.2 Å². The Morgan fingerprint density at radius 3 is 2.18 bits per heavy atom. The molecular weight excluding hydrogens is 359 g/mol. The van der Waals surface area contributed by atoms with Crippen molar-refractivity contribution < 1.29 is 14.0 Å². The fraction of sp³-hybridized carbons (Fsp3) is 0.333. The minimum atomic E-state index is -0.657. The monoisotopic (exact) mass is 384 g/mol. The van der Waals surface area contributed by atoms with Gasteiger partial charge in [0.15, 0.2) is 0 Å². The molecule has 0 aromatic heterocycles. The van der Waals surface area contributed by atoms with Gasteiger partial charge in [-0.15, -0.1) is 0 Å². The first-order chi connectivity index (χ1) is 13.6. The lowest BCUT2D eigenvalue weighted by atomic mass is 10.2. The quantitative estimate of drug-likeness (QED) is 0.744. The molecule has 0 unspecified atom stereocenters. The number of anilines is 1. The molecule has 0 radical (unpaired) electrons. The molecule has 148 valence electrons. The Hall–Kier alpha value is -2.77. The first-order valence-corrected chi connectivity index (χ1v) is 9.43. The SMILES string of the molecule is O=C(NCCN1CCN(Cc2ccc(F)cc2)CC1)C(=O)Nc1ccccc1. The zero-order chi connectivity index (χ0) is 19.8. The predicted octanol–water partition coefficient (Wildman–Crippen LogP) is 1.70. The van der Waals surface area contributed by atoms with E-state index in [2.05, 4.69) is 20.4 Å². The third-order valence-electron chi connectivity index (χ3n) is 4.74. The van der Waals surface area contributed by atoms with E-state index in [4.69, 9.17) is 0 Å². The third kappa shape index (κ3) is 6.14. The standard InChI is InChI=1S/C21H25FN4O2/c22-18-8-6-17(7-9-18)16-26-14-12-25(13-15-26)11-10-23-20(27)21(28)24-19-4-2-1-3-5-19/h1-9H,10-16H2,(H,23,27)(H,24,28). The Labute approximate surface area is 164 Å². The van der Waals surface area contributed by atoms with Gasteiger partial charge < -0.3 is 10.6 Å². The highest BCUT2D eigenvalue weighted by Crippen LogP contribution is 2.09. The zero-order valence-electron chi connectivity index (χ0n) is 15.7. The van der Waals surface area contributed by atoms with Crippen molar-refractivity contribution in [2.45, 2.75) is 6.54 Å². The van der Waals surface area contributed by atoms with E-state index < -0.39 is 11.8 Å². The van der Waals surface area contributed by atoms with E-state index in [0.717, 1.165) is 38.3 Å². The van der Waals surface area contributed by atoms with Crippen molar-refractivity contribution in [2.24, 2.45) is 0 Å². The second-order valence-electron chi connectivity index (χ2n) is 6.82. The summed E-state index contributed by atoms with van der Waals surface area (Å²) in [6.07, 6.45) is 0. The Morgan fingerprint density at radius 2 is 1.50 bits per heavy atom. The van der Waals surface area contributed by atoms with Crippen molar-refractivity contribution in [2.75, 3.05) is 44.6 Å². The second kappa shape index (κ2) is 9.96. The molecule has 0 spiro atoms. The summed E-state index contributed by atoms with van der Waals surface area (Å²) in [5, 5.41) is 5.23. The number of carbonyl (C=O) groups excluding carboxylic acids is 2. The number of nitrogens with one attached hydrogen (secondary N) is 2. The lowest BCUT2D eigenvalue weighted by Crippen LogP contribution is -2.48. The van der Waals surface area contributed by atoms with Crippen LogP contribution in [0.2, 0.25) is 0 Å². The predicted molar refractivity (Wildman–Crippen MR) is 106 cm³/mol. The molecular formula is C21H25FN4O2. The van der Waals surface area contributed by atoms with Crippen molar-refractivity contribution in [3.63, 3.8) is 0 Å². The highest BCUT2D eigenvalue weighted by molar-refractivity contribution is 6.39. The number of amides is 2. The maximum absolute atomic E-state index is 13.0. The molecule has 7 heteroatoms. The van der Waals surface area contributed by atoms with Crippen LogP contribution in [0.1, 0.15) is 5.56 Å². The number of rotatable bonds is 6. The van der Waals surface area contributed by atoms with Gasteiger partial charge in [-0.2, -0.15) is 0 Å². The molecule has 6 nitrogen and oxygen atoms in total. The maximum Gasteiger partial charge on any atom is 0.313 e. The van der Waals surface area contributed by atoms with Gasteiger partial charge in [0.05, 0.1) is 0 Å². The Kier molecular flexibility index (Phi) is 7.11. The van der Waals surface area contributed by atoms with Gasteiger partial charge >= 0.3 is 11.8 Å². The Bertz CT molecular complexity index is 775. The maximum atomic E-state index is 13.0. The van der Waals surface area contributed by atoms with Crippen LogP contribution in [-0.2, 0) is 16.1 Å². The Balaban J connectivity index is 1.32. The molecule has 28 heavy (non-hydrogen) atoms. The molecule has 2 N–H and O–H groups in total. The van der Waals surface area contributed by atoms with Crippen molar-refractivity contribution in [1.82, 2.24) is 15.1 Å². The highest BCUT2D eigenvalue weighted by Gasteiger charge is 2.18. The lowest BCUT2D eigenvalue weighted by Gasteiger charge is -2.34. The molecule has 0 aliphatic carbocycles. The van der Waals surface area contributed by atoms with Crippen LogP contribution in [0, 0.1) is 5.82 Å². The summed E-state index contributed by atoms with van der Waals surface area (Å²) in [6, 6.07) is 15.5. The molecule has 1 heterocycles. The molecule has 1 fully saturated rings. The first-order valence-electron chi connectivity index (χ1n) is 9.43. The van der Waals surface area contributed by atoms with Crippen LogP contribution in [0.3, 0.4) is 0 Å². The number of para-hydroxylation sites is 1. The zero-order valence-corrected chi connectivity index (χ0v) is 15.7. The topological polar surface area (TPSA) is 64.7 Å². The van der Waals surface area contributed by atoms with Crippen LogP contribution in [0.25, 0.3) is 0 Å². The largest absolute Gasteiger partial charge is 0.347 e. The first kappa shape index (κ1) is 20.0. The summed E-state index contributed by atoms with van der Waals surface area (Å²) in [5.74, 6) is -1.50. The van der Waals surface area contributed by atoms with Crippen LogP contribution < -0.4 is 10.6 Å². The molecule has 1 aliphatic rings. The highest BCUT2D eigenvalue weighted by atomic mass is 19.1. The van der Waals surface area contributed by atoms with Crippen molar-refractivity contribution in [3.05, 3.63) is 66.0 Å². The minimum absolute atomic E-state index is 0.215. The fourth-order valence-corrected chi connectivity index (χ4v) is 3.14. The van der Waals surface area contributed by atoms with E-state index in [1.54, 1.807) is 24.3 Å². The number of carbonyl (C=O) groups is 2. The number of piperazine rings is 1. The molecule has 2 aromatic rings. The van der Waals surface area contributed by atoms with E-state index in [1.165, 1.54) is 12.1 Å². The van der Waals surface area contributed by atoms with E-state index in [9.17, 15) is 14.0 Å². The second-order valence-corrected chi connectivity index (χ2v) is 6.82. The molecule has 1 aliphatic heterocycles. The van der Waals surface area contributed by atoms with Gasteiger partial charge in [-0.25, -0.2) is 4.39 Å². The van der Waals surface area contributed by atoms with Crippen molar-refractivity contribution in [1.29, 1.82) is 0 Å². The van der Waals surface area contributed by atoms with Crippen LogP contribution in [0.15, 0.2) is 54.6 Å². The van der Waals surface area contributed by atoms with Gasteiger partial charge in [0.25, 0.3) is 0 Å². The van der Waals surface area contributed by atoms with Crippen molar-refractivity contribution in [3.8, 4) is 0 Å². The van der Waals surface area contributed by atoms with Gasteiger partial charge in [0.2, 0.25) is 0 Å². The summed E-state index contributed by atoms with van der Waals surface area (Å²) >= 11 is 0. The smallest absolute Gasteiger partial charge is 0.313 e. The van der Waals surface area contributed by atoms with Gasteiger partial charge in [-0.05, 0) is 29.8 Å². The van der Waals surface area contributed by atoms with E-state index >= 15 is 0 Å². The summed E-state index contributed by atoms with van der Waals surface area (Å²) in [4.78, 5) is 28.3. The summed E-state index contributed by atoms with van der Waals surface area (Å²) in [6.45, 7) is 5.57. The minimum Gasteiger partial charge on any atom is -0.347 e. The average molecular weight is 384 g/mol. The van der Waals surface area contributed by atoms with Crippen LogP contribution >= 0.6 is 0 Å². The van der Waals surface area contributed by atoms with Gasteiger partial charge in [0.1, 0.15) is 5.82 Å².